The van der Waals surface area contributed by atoms with Crippen LogP contribution in [0.4, 0.5) is 11.4 Å². The van der Waals surface area contributed by atoms with Gasteiger partial charge in [0, 0.05) is 95.5 Å². The maximum atomic E-state index is 13.0. The van der Waals surface area contributed by atoms with Gasteiger partial charge in [0.2, 0.25) is 11.8 Å². The highest BCUT2D eigenvalue weighted by Crippen LogP contribution is 2.30. The third kappa shape index (κ3) is 9.20. The molecule has 0 bridgehead atoms. The Morgan fingerprint density at radius 2 is 1.70 bits per heavy atom. The number of piperazine rings is 1. The lowest BCUT2D eigenvalue weighted by Gasteiger charge is -2.39. The Kier molecular flexibility index (Phi) is 11.3. The van der Waals surface area contributed by atoms with E-state index in [0.717, 1.165) is 94.7 Å². The van der Waals surface area contributed by atoms with Gasteiger partial charge >= 0.3 is 0 Å². The second kappa shape index (κ2) is 16.7. The van der Waals surface area contributed by atoms with Crippen molar-refractivity contribution >= 4 is 45.0 Å². The van der Waals surface area contributed by atoms with E-state index in [1.165, 1.54) is 0 Å². The molecule has 3 saturated heterocycles. The number of fused-ring (bicyclic) bond motifs is 1. The van der Waals surface area contributed by atoms with E-state index in [9.17, 15) is 22.8 Å². The molecule has 16 heteroatoms. The minimum Gasteiger partial charge on any atom is -0.370 e. The third-order valence-corrected chi connectivity index (χ3v) is 12.7. The Balaban J connectivity index is 0.753. The van der Waals surface area contributed by atoms with Crippen molar-refractivity contribution in [3.63, 3.8) is 0 Å². The molecule has 4 fully saturated rings. The highest BCUT2D eigenvalue weighted by Gasteiger charge is 2.30. The van der Waals surface area contributed by atoms with Crippen LogP contribution in [0.15, 0.2) is 67.3 Å². The minimum absolute atomic E-state index is 0.0881. The molecule has 3 amide bonds. The molecular weight excluding hydrogens is 733 g/mol. The van der Waals surface area contributed by atoms with Crippen LogP contribution in [-0.4, -0.2) is 115 Å². The lowest BCUT2D eigenvalue weighted by Crippen LogP contribution is -2.50. The van der Waals surface area contributed by atoms with Crippen molar-refractivity contribution in [2.75, 3.05) is 68.5 Å². The number of carbonyl (C=O) groups excluding carboxylic acids is 3. The van der Waals surface area contributed by atoms with Crippen LogP contribution in [0.1, 0.15) is 66.8 Å². The fraction of sp³-hybridized carbons (Fsp3) is 0.475. The molecule has 56 heavy (non-hydrogen) atoms. The van der Waals surface area contributed by atoms with Crippen molar-refractivity contribution in [1.82, 2.24) is 39.5 Å². The van der Waals surface area contributed by atoms with Gasteiger partial charge in [-0.15, -0.1) is 0 Å². The Labute approximate surface area is 327 Å². The largest absolute Gasteiger partial charge is 0.370 e. The molecule has 15 nitrogen and oxygen atoms in total. The molecule has 0 spiro atoms. The fourth-order valence-corrected chi connectivity index (χ4v) is 8.98. The first-order valence-electron chi connectivity index (χ1n) is 19.8. The number of benzene rings is 1. The van der Waals surface area contributed by atoms with Crippen LogP contribution >= 0.6 is 0 Å². The molecule has 296 valence electrons. The standard InChI is InChI=1S/C40H50N10O5S/c51-38-10-8-35(40(53)45-38)31-22-34(24-41-23-31)49-14-11-28(12-15-49)25-48-19-17-47(18-20-48)16-13-42-56(54,55)46-33-6-1-3-29(21-33)36-27-50-26-30(7-9-37(50)44-36)39(52)43-32-4-2-5-32/h1,3,6-7,9,21-24,26-28,32,35,42,46H,2,4-5,8,10-20,25H2,(H,43,52)(H,45,51,53). The summed E-state index contributed by atoms with van der Waals surface area (Å²) in [6.45, 7) is 7.54. The van der Waals surface area contributed by atoms with Crippen LogP contribution in [0, 0.1) is 5.92 Å². The van der Waals surface area contributed by atoms with E-state index in [-0.39, 0.29) is 29.7 Å². The van der Waals surface area contributed by atoms with Crippen molar-refractivity contribution in [1.29, 1.82) is 0 Å². The van der Waals surface area contributed by atoms with E-state index in [2.05, 4.69) is 45.8 Å². The van der Waals surface area contributed by atoms with Gasteiger partial charge in [-0.2, -0.15) is 13.1 Å². The number of piperidine rings is 2. The maximum Gasteiger partial charge on any atom is 0.299 e. The van der Waals surface area contributed by atoms with E-state index in [1.54, 1.807) is 36.7 Å². The first-order chi connectivity index (χ1) is 27.1. The molecule has 1 aromatic carbocycles. The van der Waals surface area contributed by atoms with E-state index in [0.29, 0.717) is 54.4 Å². The number of pyridine rings is 2. The van der Waals surface area contributed by atoms with Gasteiger partial charge in [-0.3, -0.25) is 34.3 Å². The van der Waals surface area contributed by atoms with E-state index < -0.39 is 10.2 Å². The van der Waals surface area contributed by atoms with Crippen LogP contribution in [-0.2, 0) is 19.8 Å². The zero-order valence-electron chi connectivity index (χ0n) is 31.5. The van der Waals surface area contributed by atoms with E-state index >= 15 is 0 Å². The van der Waals surface area contributed by atoms with E-state index in [4.69, 9.17) is 4.98 Å². The van der Waals surface area contributed by atoms with Gasteiger partial charge in [-0.25, -0.2) is 4.98 Å². The summed E-state index contributed by atoms with van der Waals surface area (Å²) in [6.07, 6.45) is 13.5. The number of imidazole rings is 1. The molecule has 6 heterocycles. The van der Waals surface area contributed by atoms with Crippen LogP contribution in [0.5, 0.6) is 0 Å². The summed E-state index contributed by atoms with van der Waals surface area (Å²) in [5.74, 6) is -0.260. The average Bonchev–Trinajstić information content (AvgIpc) is 3.61. The zero-order valence-corrected chi connectivity index (χ0v) is 32.3. The Morgan fingerprint density at radius 1 is 0.893 bits per heavy atom. The first kappa shape index (κ1) is 38.0. The monoisotopic (exact) mass is 782 g/mol. The molecule has 4 aliphatic rings. The van der Waals surface area contributed by atoms with Crippen molar-refractivity contribution in [2.45, 2.75) is 56.9 Å². The van der Waals surface area contributed by atoms with Gasteiger partial charge in [0.25, 0.3) is 16.1 Å². The number of hydrogen-bond acceptors (Lipinski definition) is 10. The fourth-order valence-electron chi connectivity index (χ4n) is 8.11. The molecular formula is C40H50N10O5S. The van der Waals surface area contributed by atoms with Gasteiger partial charge in [0.05, 0.1) is 34.7 Å². The van der Waals surface area contributed by atoms with Crippen molar-refractivity contribution < 1.29 is 22.8 Å². The summed E-state index contributed by atoms with van der Waals surface area (Å²) in [5.41, 5.74) is 5.03. The molecule has 3 aliphatic heterocycles. The second-order valence-corrected chi connectivity index (χ2v) is 17.0. The summed E-state index contributed by atoms with van der Waals surface area (Å²) < 4.78 is 33.2. The third-order valence-electron chi connectivity index (χ3n) is 11.6. The number of carbonyl (C=O) groups is 3. The van der Waals surface area contributed by atoms with Crippen molar-refractivity contribution in [3.8, 4) is 11.3 Å². The summed E-state index contributed by atoms with van der Waals surface area (Å²) in [4.78, 5) is 52.9. The van der Waals surface area contributed by atoms with Crippen LogP contribution in [0.25, 0.3) is 16.9 Å². The van der Waals surface area contributed by atoms with Crippen molar-refractivity contribution in [3.05, 3.63) is 78.4 Å². The number of anilines is 2. The number of imide groups is 1. The van der Waals surface area contributed by atoms with Crippen molar-refractivity contribution in [2.24, 2.45) is 5.92 Å². The molecule has 1 aliphatic carbocycles. The molecule has 0 radical (unpaired) electrons. The van der Waals surface area contributed by atoms with Crippen LogP contribution in [0.3, 0.4) is 0 Å². The van der Waals surface area contributed by atoms with E-state index in [1.807, 2.05) is 28.9 Å². The number of nitrogens with one attached hydrogen (secondary N) is 4. The second-order valence-electron chi connectivity index (χ2n) is 15.5. The van der Waals surface area contributed by atoms with Gasteiger partial charge < -0.3 is 19.5 Å². The summed E-state index contributed by atoms with van der Waals surface area (Å²) in [7, 11) is -3.79. The molecule has 4 aromatic rings. The molecule has 1 saturated carbocycles. The smallest absolute Gasteiger partial charge is 0.299 e. The van der Waals surface area contributed by atoms with Gasteiger partial charge in [0.15, 0.2) is 0 Å². The van der Waals surface area contributed by atoms with Crippen LogP contribution < -0.4 is 25.0 Å². The topological polar surface area (TPSA) is 173 Å². The number of aromatic nitrogens is 3. The Hall–Kier alpha value is -4.90. The lowest BCUT2D eigenvalue weighted by atomic mass is 9.91. The zero-order chi connectivity index (χ0) is 38.6. The molecule has 3 aromatic heterocycles. The van der Waals surface area contributed by atoms with Gasteiger partial charge in [-0.1, -0.05) is 12.1 Å². The highest BCUT2D eigenvalue weighted by molar-refractivity contribution is 7.90. The summed E-state index contributed by atoms with van der Waals surface area (Å²) >= 11 is 0. The number of rotatable bonds is 13. The quantitative estimate of drug-likeness (QED) is 0.148. The summed E-state index contributed by atoms with van der Waals surface area (Å²) in [6, 6.07) is 13.0. The van der Waals surface area contributed by atoms with Gasteiger partial charge in [0.1, 0.15) is 5.65 Å². The highest BCUT2D eigenvalue weighted by atomic mass is 32.2. The Bertz CT molecular complexity index is 2170. The normalized spacial score (nSPS) is 20.5. The maximum absolute atomic E-state index is 13.0. The number of hydrogen-bond donors (Lipinski definition) is 4. The first-order valence-corrected chi connectivity index (χ1v) is 21.3. The predicted octanol–water partition coefficient (Wildman–Crippen LogP) is 2.98. The minimum atomic E-state index is -3.79. The lowest BCUT2D eigenvalue weighted by molar-refractivity contribution is -0.134. The van der Waals surface area contributed by atoms with Gasteiger partial charge in [-0.05, 0) is 80.3 Å². The van der Waals surface area contributed by atoms with Crippen LogP contribution in [0.2, 0.25) is 0 Å². The summed E-state index contributed by atoms with van der Waals surface area (Å²) in [5, 5.41) is 5.51. The molecule has 8 rings (SSSR count). The number of nitrogens with zero attached hydrogens (tertiary/aromatic N) is 6. The SMILES string of the molecule is O=C1CCC(c2cncc(N3CCC(CN4CCN(CCNS(=O)(=O)Nc5cccc(-c6cn7cc(C(=O)NC8CCC8)ccc7n6)c5)CC4)CC3)c2)C(=O)N1. The average molecular weight is 783 g/mol. The molecule has 1 unspecified atom stereocenters. The Morgan fingerprint density at radius 3 is 2.46 bits per heavy atom. The number of amides is 3. The molecule has 1 atom stereocenters. The molecule has 4 N–H and O–H groups in total. The predicted molar refractivity (Wildman–Crippen MR) is 213 cm³/mol.